The second-order valence-corrected chi connectivity index (χ2v) is 3.65. The molecule has 0 aliphatic rings. The summed E-state index contributed by atoms with van der Waals surface area (Å²) >= 11 is 0. The zero-order valence-electron chi connectivity index (χ0n) is 9.79. The average molecular weight is 278 g/mol. The first-order valence-electron chi connectivity index (χ1n) is 5.29. The molecule has 1 amide bonds. The highest BCUT2D eigenvalue weighted by atomic mass is 19.1. The van der Waals surface area contributed by atoms with E-state index in [9.17, 15) is 24.1 Å². The molecule has 0 radical (unpaired) electrons. The van der Waals surface area contributed by atoms with Gasteiger partial charge in [0.2, 0.25) is 0 Å². The van der Waals surface area contributed by atoms with Gasteiger partial charge in [-0.15, -0.1) is 0 Å². The molecule has 1 aromatic carbocycles. The Balaban J connectivity index is 2.35. The Bertz CT molecular complexity index is 723. The lowest BCUT2D eigenvalue weighted by atomic mass is 10.2. The highest BCUT2D eigenvalue weighted by molar-refractivity contribution is 6.04. The van der Waals surface area contributed by atoms with Gasteiger partial charge in [-0.3, -0.25) is 19.7 Å². The van der Waals surface area contributed by atoms with Crippen LogP contribution in [0.25, 0.3) is 0 Å². The molecular weight excluding hydrogens is 271 g/mol. The number of carbonyl (C=O) groups is 1. The van der Waals surface area contributed by atoms with Gasteiger partial charge in [0.1, 0.15) is 5.69 Å². The van der Waals surface area contributed by atoms with E-state index in [4.69, 9.17) is 0 Å². The number of hydrogen-bond acceptors (Lipinski definition) is 5. The molecule has 0 aliphatic carbocycles. The molecule has 1 heterocycles. The fourth-order valence-electron chi connectivity index (χ4n) is 1.44. The fraction of sp³-hybridized carbons (Fsp3) is 0. The molecule has 0 saturated heterocycles. The van der Waals surface area contributed by atoms with Gasteiger partial charge in [-0.2, -0.15) is 5.10 Å². The highest BCUT2D eigenvalue weighted by Crippen LogP contribution is 2.27. The van der Waals surface area contributed by atoms with Crippen LogP contribution in [0.3, 0.4) is 0 Å². The third-order valence-electron chi connectivity index (χ3n) is 2.34. The first-order chi connectivity index (χ1) is 9.49. The van der Waals surface area contributed by atoms with Crippen LogP contribution in [0.15, 0.2) is 35.1 Å². The van der Waals surface area contributed by atoms with Crippen molar-refractivity contribution in [3.05, 3.63) is 62.3 Å². The van der Waals surface area contributed by atoms with Crippen molar-refractivity contribution in [3.63, 3.8) is 0 Å². The maximum absolute atomic E-state index is 13.6. The molecule has 8 nitrogen and oxygen atoms in total. The zero-order valence-corrected chi connectivity index (χ0v) is 9.79. The van der Waals surface area contributed by atoms with Gasteiger partial charge in [-0.25, -0.2) is 9.49 Å². The number of nitrogens with one attached hydrogen (secondary N) is 2. The number of nitro benzene ring substituents is 1. The van der Waals surface area contributed by atoms with Crippen LogP contribution in [0, 0.1) is 15.9 Å². The van der Waals surface area contributed by atoms with E-state index >= 15 is 0 Å². The van der Waals surface area contributed by atoms with Crippen LogP contribution >= 0.6 is 0 Å². The minimum atomic E-state index is -0.947. The van der Waals surface area contributed by atoms with Crippen LogP contribution in [0.2, 0.25) is 0 Å². The highest BCUT2D eigenvalue weighted by Gasteiger charge is 2.20. The van der Waals surface area contributed by atoms with Crippen LogP contribution < -0.4 is 10.9 Å². The maximum Gasteiger partial charge on any atom is 0.295 e. The molecule has 0 spiro atoms. The Morgan fingerprint density at radius 2 is 2.10 bits per heavy atom. The monoisotopic (exact) mass is 278 g/mol. The Morgan fingerprint density at radius 3 is 2.70 bits per heavy atom. The van der Waals surface area contributed by atoms with Gasteiger partial charge in [0.15, 0.2) is 11.5 Å². The number of nitrogens with zero attached hydrogens (tertiary/aromatic N) is 2. The second kappa shape index (κ2) is 5.26. The Labute approximate surface area is 110 Å². The number of rotatable bonds is 3. The minimum Gasteiger partial charge on any atom is -0.312 e. The molecule has 2 aromatic rings. The van der Waals surface area contributed by atoms with Crippen LogP contribution in [0.5, 0.6) is 0 Å². The van der Waals surface area contributed by atoms with Crippen molar-refractivity contribution >= 4 is 17.3 Å². The molecule has 0 aliphatic heterocycles. The summed E-state index contributed by atoms with van der Waals surface area (Å²) in [5, 5.41) is 18.3. The van der Waals surface area contributed by atoms with Crippen molar-refractivity contribution in [1.29, 1.82) is 0 Å². The molecule has 0 saturated carbocycles. The molecular formula is C11H7FN4O4. The molecule has 0 fully saturated rings. The number of nitro groups is 1. The normalized spacial score (nSPS) is 10.1. The van der Waals surface area contributed by atoms with Gasteiger partial charge >= 0.3 is 0 Å². The van der Waals surface area contributed by atoms with E-state index in [1.54, 1.807) is 0 Å². The number of aromatic amines is 1. The lowest BCUT2D eigenvalue weighted by Crippen LogP contribution is -2.18. The van der Waals surface area contributed by atoms with Crippen molar-refractivity contribution < 1.29 is 14.1 Å². The SMILES string of the molecule is O=C(Nc1c(F)cccc1[N+](=O)[O-])c1ccc(=O)[nH]n1. The zero-order chi connectivity index (χ0) is 14.7. The maximum atomic E-state index is 13.6. The summed E-state index contributed by atoms with van der Waals surface area (Å²) in [7, 11) is 0. The van der Waals surface area contributed by atoms with Gasteiger partial charge in [-0.1, -0.05) is 6.07 Å². The summed E-state index contributed by atoms with van der Waals surface area (Å²) < 4.78 is 13.6. The van der Waals surface area contributed by atoms with Crippen LogP contribution in [0.1, 0.15) is 10.5 Å². The molecule has 2 N–H and O–H groups in total. The number of H-pyrrole nitrogens is 1. The summed E-state index contributed by atoms with van der Waals surface area (Å²) in [6, 6.07) is 5.35. The first-order valence-corrected chi connectivity index (χ1v) is 5.29. The standard InChI is InChI=1S/C11H7FN4O4/c12-6-2-1-3-8(16(19)20)10(6)13-11(18)7-4-5-9(17)15-14-7/h1-5H,(H,13,18)(H,15,17). The molecule has 0 atom stereocenters. The van der Waals surface area contributed by atoms with Crippen molar-refractivity contribution in [2.24, 2.45) is 0 Å². The predicted molar refractivity (Wildman–Crippen MR) is 65.9 cm³/mol. The number of carbonyl (C=O) groups excluding carboxylic acids is 1. The van der Waals surface area contributed by atoms with Crippen molar-refractivity contribution in [2.75, 3.05) is 5.32 Å². The number of halogens is 1. The number of anilines is 1. The van der Waals surface area contributed by atoms with Crippen LogP contribution in [-0.2, 0) is 0 Å². The van der Waals surface area contributed by atoms with Crippen LogP contribution in [0.4, 0.5) is 15.8 Å². The Hall–Kier alpha value is -3.10. The van der Waals surface area contributed by atoms with E-state index in [0.29, 0.717) is 0 Å². The van der Waals surface area contributed by atoms with Crippen molar-refractivity contribution in [1.82, 2.24) is 10.2 Å². The lowest BCUT2D eigenvalue weighted by Gasteiger charge is -2.06. The number of benzene rings is 1. The summed E-state index contributed by atoms with van der Waals surface area (Å²) in [4.78, 5) is 32.5. The molecule has 20 heavy (non-hydrogen) atoms. The van der Waals surface area contributed by atoms with Crippen molar-refractivity contribution in [3.8, 4) is 0 Å². The molecule has 102 valence electrons. The molecule has 2 rings (SSSR count). The van der Waals surface area contributed by atoms with Gasteiger partial charge in [0.25, 0.3) is 17.2 Å². The molecule has 0 bridgehead atoms. The third-order valence-corrected chi connectivity index (χ3v) is 2.34. The van der Waals surface area contributed by atoms with Crippen molar-refractivity contribution in [2.45, 2.75) is 0 Å². The summed E-state index contributed by atoms with van der Waals surface area (Å²) in [6.07, 6.45) is 0. The van der Waals surface area contributed by atoms with E-state index in [0.717, 1.165) is 30.3 Å². The topological polar surface area (TPSA) is 118 Å². The van der Waals surface area contributed by atoms with Gasteiger partial charge in [0.05, 0.1) is 4.92 Å². The van der Waals surface area contributed by atoms with E-state index in [1.165, 1.54) is 0 Å². The number of amides is 1. The molecule has 1 aromatic heterocycles. The second-order valence-electron chi connectivity index (χ2n) is 3.65. The summed E-state index contributed by atoms with van der Waals surface area (Å²) in [5.74, 6) is -1.83. The smallest absolute Gasteiger partial charge is 0.295 e. The molecule has 0 unspecified atom stereocenters. The third kappa shape index (κ3) is 2.66. The van der Waals surface area contributed by atoms with E-state index in [1.807, 2.05) is 5.10 Å². The quantitative estimate of drug-likeness (QED) is 0.643. The summed E-state index contributed by atoms with van der Waals surface area (Å²) in [6.45, 7) is 0. The van der Waals surface area contributed by atoms with Gasteiger partial charge < -0.3 is 5.32 Å². The molecule has 9 heteroatoms. The number of hydrogen-bond donors (Lipinski definition) is 2. The van der Waals surface area contributed by atoms with Gasteiger partial charge in [0, 0.05) is 12.1 Å². The fourth-order valence-corrected chi connectivity index (χ4v) is 1.44. The Kier molecular flexibility index (Phi) is 3.51. The van der Waals surface area contributed by atoms with E-state index in [2.05, 4.69) is 10.4 Å². The Morgan fingerprint density at radius 1 is 1.35 bits per heavy atom. The average Bonchev–Trinajstić information content (AvgIpc) is 2.41. The van der Waals surface area contributed by atoms with E-state index < -0.39 is 33.6 Å². The van der Waals surface area contributed by atoms with Crippen LogP contribution in [-0.4, -0.2) is 21.0 Å². The largest absolute Gasteiger partial charge is 0.312 e. The lowest BCUT2D eigenvalue weighted by molar-refractivity contribution is -0.384. The summed E-state index contributed by atoms with van der Waals surface area (Å²) in [5.41, 5.74) is -1.86. The number of para-hydroxylation sites is 1. The minimum absolute atomic E-state index is 0.206. The first kappa shape index (κ1) is 13.3. The number of aromatic nitrogens is 2. The van der Waals surface area contributed by atoms with E-state index in [-0.39, 0.29) is 5.69 Å². The van der Waals surface area contributed by atoms with Gasteiger partial charge in [-0.05, 0) is 12.1 Å². The predicted octanol–water partition coefficient (Wildman–Crippen LogP) is 1.07.